The van der Waals surface area contributed by atoms with E-state index in [1.165, 1.54) is 27.1 Å². The summed E-state index contributed by atoms with van der Waals surface area (Å²) in [5.74, 6) is 0. The molecule has 1 aliphatic rings. The third-order valence-corrected chi connectivity index (χ3v) is 7.64. The molecule has 0 fully saturated rings. The van der Waals surface area contributed by atoms with Crippen molar-refractivity contribution in [2.24, 2.45) is 0 Å². The van der Waals surface area contributed by atoms with Gasteiger partial charge in [0.05, 0.1) is 0 Å². The molecule has 0 bridgehead atoms. The van der Waals surface area contributed by atoms with Crippen LogP contribution in [0.3, 0.4) is 0 Å². The molecule has 86 valence electrons. The standard InChI is InChI=1S/C15H15ClSi/c1-10-7-8-11-14(9-10)17(2,3)13-6-4-5-12(16)15(11)13/h4-9H,1-3H3. The minimum atomic E-state index is -1.53. The van der Waals surface area contributed by atoms with Gasteiger partial charge in [-0.05, 0) is 34.5 Å². The first-order valence-electron chi connectivity index (χ1n) is 5.92. The number of halogens is 1. The van der Waals surface area contributed by atoms with Crippen molar-refractivity contribution in [1.82, 2.24) is 0 Å². The molecule has 0 saturated carbocycles. The van der Waals surface area contributed by atoms with Crippen LogP contribution in [0, 0.1) is 6.92 Å². The van der Waals surface area contributed by atoms with Crippen molar-refractivity contribution >= 4 is 30.0 Å². The topological polar surface area (TPSA) is 0 Å². The van der Waals surface area contributed by atoms with E-state index in [0.29, 0.717) is 0 Å². The van der Waals surface area contributed by atoms with Crippen LogP contribution in [0.5, 0.6) is 0 Å². The molecule has 0 N–H and O–H groups in total. The van der Waals surface area contributed by atoms with Crippen molar-refractivity contribution in [3.8, 4) is 11.1 Å². The van der Waals surface area contributed by atoms with Crippen molar-refractivity contribution in [2.75, 3.05) is 0 Å². The highest BCUT2D eigenvalue weighted by molar-refractivity contribution is 7.04. The molecule has 0 unspecified atom stereocenters. The monoisotopic (exact) mass is 258 g/mol. The first-order chi connectivity index (χ1) is 8.01. The molecule has 2 aromatic carbocycles. The van der Waals surface area contributed by atoms with Crippen molar-refractivity contribution in [1.29, 1.82) is 0 Å². The van der Waals surface area contributed by atoms with Gasteiger partial charge in [0.15, 0.2) is 0 Å². The first kappa shape index (κ1) is 11.1. The molecule has 1 heterocycles. The van der Waals surface area contributed by atoms with Crippen molar-refractivity contribution in [2.45, 2.75) is 20.0 Å². The number of hydrogen-bond donors (Lipinski definition) is 0. The maximum atomic E-state index is 6.39. The van der Waals surface area contributed by atoms with E-state index < -0.39 is 8.07 Å². The molecule has 0 aliphatic carbocycles. The first-order valence-corrected chi connectivity index (χ1v) is 9.30. The Kier molecular flexibility index (Phi) is 2.26. The molecule has 0 amide bonds. The van der Waals surface area contributed by atoms with Gasteiger partial charge in [-0.25, -0.2) is 0 Å². The number of fused-ring (bicyclic) bond motifs is 3. The smallest absolute Gasteiger partial charge is 0.0837 e. The quantitative estimate of drug-likeness (QED) is 0.635. The molecule has 0 nitrogen and oxygen atoms in total. The summed E-state index contributed by atoms with van der Waals surface area (Å²) in [6.45, 7) is 6.98. The van der Waals surface area contributed by atoms with E-state index in [9.17, 15) is 0 Å². The molecular formula is C15H15ClSi. The third-order valence-electron chi connectivity index (χ3n) is 3.80. The fourth-order valence-corrected chi connectivity index (χ4v) is 6.38. The molecule has 0 radical (unpaired) electrons. The van der Waals surface area contributed by atoms with Crippen LogP contribution in [0.4, 0.5) is 0 Å². The molecule has 0 saturated heterocycles. The molecule has 0 aromatic heterocycles. The second-order valence-electron chi connectivity index (χ2n) is 5.34. The van der Waals surface area contributed by atoms with Crippen LogP contribution in [0.25, 0.3) is 11.1 Å². The number of rotatable bonds is 0. The van der Waals surface area contributed by atoms with Crippen molar-refractivity contribution in [3.63, 3.8) is 0 Å². The minimum Gasteiger partial charge on any atom is -0.0837 e. The van der Waals surface area contributed by atoms with Gasteiger partial charge in [0.25, 0.3) is 0 Å². The summed E-state index contributed by atoms with van der Waals surface area (Å²) in [5.41, 5.74) is 3.97. The lowest BCUT2D eigenvalue weighted by Crippen LogP contribution is -2.49. The lowest BCUT2D eigenvalue weighted by molar-refractivity contribution is 1.49. The zero-order valence-electron chi connectivity index (χ0n) is 10.3. The van der Waals surface area contributed by atoms with E-state index >= 15 is 0 Å². The van der Waals surface area contributed by atoms with E-state index in [0.717, 1.165) is 5.02 Å². The second-order valence-corrected chi connectivity index (χ2v) is 10.1. The number of benzene rings is 2. The summed E-state index contributed by atoms with van der Waals surface area (Å²) in [6.07, 6.45) is 0. The van der Waals surface area contributed by atoms with Crippen molar-refractivity contribution < 1.29 is 0 Å². The second kappa shape index (κ2) is 3.47. The van der Waals surface area contributed by atoms with Crippen LogP contribution < -0.4 is 10.4 Å². The Morgan fingerprint density at radius 3 is 2.53 bits per heavy atom. The molecule has 0 atom stereocenters. The maximum Gasteiger partial charge on any atom is 0.113 e. The van der Waals surface area contributed by atoms with E-state index in [1.54, 1.807) is 0 Å². The predicted molar refractivity (Wildman–Crippen MR) is 78.4 cm³/mol. The lowest BCUT2D eigenvalue weighted by Gasteiger charge is -2.18. The number of aryl methyl sites for hydroxylation is 1. The van der Waals surface area contributed by atoms with Crippen LogP contribution in [0.15, 0.2) is 36.4 Å². The largest absolute Gasteiger partial charge is 0.113 e. The average Bonchev–Trinajstić information content (AvgIpc) is 2.50. The Morgan fingerprint density at radius 2 is 1.76 bits per heavy atom. The Balaban J connectivity index is 2.43. The summed E-state index contributed by atoms with van der Waals surface area (Å²) >= 11 is 6.39. The average molecular weight is 259 g/mol. The summed E-state index contributed by atoms with van der Waals surface area (Å²) < 4.78 is 0. The van der Waals surface area contributed by atoms with Gasteiger partial charge in [-0.1, -0.05) is 60.6 Å². The molecule has 17 heavy (non-hydrogen) atoms. The van der Waals surface area contributed by atoms with Gasteiger partial charge >= 0.3 is 0 Å². The zero-order chi connectivity index (χ0) is 12.2. The van der Waals surface area contributed by atoms with E-state index in [4.69, 9.17) is 11.6 Å². The highest BCUT2D eigenvalue weighted by Gasteiger charge is 2.38. The predicted octanol–water partition coefficient (Wildman–Crippen LogP) is 3.45. The van der Waals surface area contributed by atoms with Crippen LogP contribution in [0.1, 0.15) is 5.56 Å². The molecule has 3 rings (SSSR count). The minimum absolute atomic E-state index is 0.894. The highest BCUT2D eigenvalue weighted by atomic mass is 35.5. The molecule has 1 aliphatic heterocycles. The molecule has 0 spiro atoms. The Morgan fingerprint density at radius 1 is 1.00 bits per heavy atom. The summed E-state index contributed by atoms with van der Waals surface area (Å²) in [7, 11) is -1.53. The van der Waals surface area contributed by atoms with Crippen LogP contribution >= 0.6 is 11.6 Å². The lowest BCUT2D eigenvalue weighted by atomic mass is 10.0. The Bertz CT molecular complexity index is 614. The van der Waals surface area contributed by atoms with Gasteiger partial charge in [-0.15, -0.1) is 0 Å². The summed E-state index contributed by atoms with van der Waals surface area (Å²) in [5, 5.41) is 3.90. The highest BCUT2D eigenvalue weighted by Crippen LogP contribution is 2.33. The Hall–Kier alpha value is -1.05. The fraction of sp³-hybridized carbons (Fsp3) is 0.200. The van der Waals surface area contributed by atoms with Gasteiger partial charge in [0.2, 0.25) is 0 Å². The Labute approximate surface area is 108 Å². The van der Waals surface area contributed by atoms with Crippen molar-refractivity contribution in [3.05, 3.63) is 47.0 Å². The molecular weight excluding hydrogens is 244 g/mol. The van der Waals surface area contributed by atoms with Gasteiger partial charge in [-0.2, -0.15) is 0 Å². The van der Waals surface area contributed by atoms with E-state index in [1.807, 2.05) is 6.07 Å². The summed E-state index contributed by atoms with van der Waals surface area (Å²) in [6, 6.07) is 13.1. The van der Waals surface area contributed by atoms with E-state index in [2.05, 4.69) is 50.3 Å². The fourth-order valence-electron chi connectivity index (χ4n) is 2.86. The van der Waals surface area contributed by atoms with E-state index in [-0.39, 0.29) is 0 Å². The van der Waals surface area contributed by atoms with Crippen LogP contribution in [-0.2, 0) is 0 Å². The normalized spacial score (nSPS) is 15.5. The van der Waals surface area contributed by atoms with Gasteiger partial charge in [0, 0.05) is 5.02 Å². The van der Waals surface area contributed by atoms with Gasteiger partial charge in [-0.3, -0.25) is 0 Å². The molecule has 2 aromatic rings. The SMILES string of the molecule is Cc1ccc2c(c1)[Si](C)(C)c1cccc(Cl)c1-2. The van der Waals surface area contributed by atoms with Crippen LogP contribution in [-0.4, -0.2) is 8.07 Å². The summed E-state index contributed by atoms with van der Waals surface area (Å²) in [4.78, 5) is 0. The maximum absolute atomic E-state index is 6.39. The molecule has 2 heteroatoms. The van der Waals surface area contributed by atoms with Gasteiger partial charge in [0.1, 0.15) is 8.07 Å². The zero-order valence-corrected chi connectivity index (χ0v) is 12.1. The number of hydrogen-bond acceptors (Lipinski definition) is 0. The van der Waals surface area contributed by atoms with Gasteiger partial charge < -0.3 is 0 Å². The third kappa shape index (κ3) is 1.42. The van der Waals surface area contributed by atoms with Crippen LogP contribution in [0.2, 0.25) is 18.1 Å².